The molecule has 134 valence electrons. The summed E-state index contributed by atoms with van der Waals surface area (Å²) in [5, 5.41) is 4.51. The fourth-order valence-electron chi connectivity index (χ4n) is 3.01. The van der Waals surface area contributed by atoms with Crippen molar-refractivity contribution in [2.24, 2.45) is 7.05 Å². The highest BCUT2D eigenvalue weighted by molar-refractivity contribution is 6.00. The van der Waals surface area contributed by atoms with Crippen LogP contribution in [0, 0.1) is 0 Å². The molecule has 0 aliphatic carbocycles. The van der Waals surface area contributed by atoms with Gasteiger partial charge in [-0.15, -0.1) is 0 Å². The van der Waals surface area contributed by atoms with E-state index in [-0.39, 0.29) is 11.9 Å². The van der Waals surface area contributed by atoms with Crippen LogP contribution in [0.4, 0.5) is 0 Å². The Morgan fingerprint density at radius 2 is 1.77 bits per heavy atom. The average molecular weight is 349 g/mol. The summed E-state index contributed by atoms with van der Waals surface area (Å²) in [5.74, 6) is 0.620. The van der Waals surface area contributed by atoms with Crippen LogP contribution in [0.2, 0.25) is 0 Å². The SMILES string of the molecule is COc1ccccc1-c1nn(C)cc1C(=O)N(C)[C@@H](C)c1ccccc1. The summed E-state index contributed by atoms with van der Waals surface area (Å²) in [6, 6.07) is 17.5. The van der Waals surface area contributed by atoms with E-state index >= 15 is 0 Å². The van der Waals surface area contributed by atoms with Crippen LogP contribution >= 0.6 is 0 Å². The number of aromatic nitrogens is 2. The predicted molar refractivity (Wildman–Crippen MR) is 102 cm³/mol. The van der Waals surface area contributed by atoms with Gasteiger partial charge in [0.15, 0.2) is 0 Å². The highest BCUT2D eigenvalue weighted by Crippen LogP contribution is 2.32. The highest BCUT2D eigenvalue weighted by Gasteiger charge is 2.25. The second kappa shape index (κ2) is 7.44. The van der Waals surface area contributed by atoms with E-state index in [0.29, 0.717) is 17.0 Å². The van der Waals surface area contributed by atoms with Gasteiger partial charge >= 0.3 is 0 Å². The average Bonchev–Trinajstić information content (AvgIpc) is 3.08. The topological polar surface area (TPSA) is 47.4 Å². The fourth-order valence-corrected chi connectivity index (χ4v) is 3.01. The number of hydrogen-bond donors (Lipinski definition) is 0. The van der Waals surface area contributed by atoms with Crippen LogP contribution in [0.25, 0.3) is 11.3 Å². The van der Waals surface area contributed by atoms with Crippen LogP contribution in [0.5, 0.6) is 5.75 Å². The molecule has 0 saturated heterocycles. The van der Waals surface area contributed by atoms with E-state index in [1.54, 1.807) is 22.9 Å². The van der Waals surface area contributed by atoms with Crippen molar-refractivity contribution in [3.8, 4) is 17.0 Å². The number of benzene rings is 2. The highest BCUT2D eigenvalue weighted by atomic mass is 16.5. The molecule has 26 heavy (non-hydrogen) atoms. The Balaban J connectivity index is 1.98. The number of carbonyl (C=O) groups is 1. The summed E-state index contributed by atoms with van der Waals surface area (Å²) in [6.45, 7) is 2.02. The minimum Gasteiger partial charge on any atom is -0.496 e. The molecule has 0 spiro atoms. The fraction of sp³-hybridized carbons (Fsp3) is 0.238. The van der Waals surface area contributed by atoms with Crippen LogP contribution in [0.1, 0.15) is 28.9 Å². The van der Waals surface area contributed by atoms with Crippen molar-refractivity contribution >= 4 is 5.91 Å². The van der Waals surface area contributed by atoms with E-state index < -0.39 is 0 Å². The normalized spacial score (nSPS) is 11.8. The van der Waals surface area contributed by atoms with Crippen LogP contribution in [-0.4, -0.2) is 34.7 Å². The van der Waals surface area contributed by atoms with Gasteiger partial charge in [-0.05, 0) is 24.6 Å². The van der Waals surface area contributed by atoms with Crippen molar-refractivity contribution in [3.63, 3.8) is 0 Å². The molecule has 0 unspecified atom stereocenters. The van der Waals surface area contributed by atoms with Crippen molar-refractivity contribution in [1.29, 1.82) is 0 Å². The number of amides is 1. The summed E-state index contributed by atoms with van der Waals surface area (Å²) >= 11 is 0. The summed E-state index contributed by atoms with van der Waals surface area (Å²) in [7, 11) is 5.25. The van der Waals surface area contributed by atoms with Gasteiger partial charge in [-0.2, -0.15) is 5.10 Å². The molecule has 2 aromatic carbocycles. The van der Waals surface area contributed by atoms with Gasteiger partial charge < -0.3 is 9.64 Å². The Morgan fingerprint density at radius 3 is 2.46 bits per heavy atom. The van der Waals surface area contributed by atoms with E-state index in [4.69, 9.17) is 4.74 Å². The van der Waals surface area contributed by atoms with Crippen molar-refractivity contribution in [2.75, 3.05) is 14.2 Å². The number of aryl methyl sites for hydroxylation is 1. The molecule has 3 aromatic rings. The molecule has 0 fully saturated rings. The lowest BCUT2D eigenvalue weighted by molar-refractivity contribution is 0.0743. The largest absolute Gasteiger partial charge is 0.496 e. The third kappa shape index (κ3) is 3.33. The first-order valence-corrected chi connectivity index (χ1v) is 8.52. The molecule has 0 saturated carbocycles. The van der Waals surface area contributed by atoms with Crippen LogP contribution in [-0.2, 0) is 7.05 Å². The quantitative estimate of drug-likeness (QED) is 0.701. The number of nitrogens with zero attached hydrogens (tertiary/aromatic N) is 3. The lowest BCUT2D eigenvalue weighted by Crippen LogP contribution is -2.29. The monoisotopic (exact) mass is 349 g/mol. The maximum Gasteiger partial charge on any atom is 0.257 e. The zero-order chi connectivity index (χ0) is 18.7. The van der Waals surface area contributed by atoms with E-state index in [1.165, 1.54) is 0 Å². The zero-order valence-electron chi connectivity index (χ0n) is 15.5. The molecule has 1 aromatic heterocycles. The second-order valence-electron chi connectivity index (χ2n) is 6.27. The molecule has 1 atom stereocenters. The minimum atomic E-state index is -0.0737. The number of methoxy groups -OCH3 is 1. The first kappa shape index (κ1) is 17.7. The van der Waals surface area contributed by atoms with Gasteiger partial charge in [0.25, 0.3) is 5.91 Å². The van der Waals surface area contributed by atoms with Gasteiger partial charge in [-0.1, -0.05) is 42.5 Å². The molecule has 3 rings (SSSR count). The van der Waals surface area contributed by atoms with E-state index in [2.05, 4.69) is 5.10 Å². The Hall–Kier alpha value is -3.08. The first-order chi connectivity index (χ1) is 12.5. The third-order valence-corrected chi connectivity index (χ3v) is 4.60. The summed E-state index contributed by atoms with van der Waals surface area (Å²) in [5.41, 5.74) is 3.08. The number of carbonyl (C=O) groups excluding carboxylic acids is 1. The number of hydrogen-bond acceptors (Lipinski definition) is 3. The molecule has 1 amide bonds. The van der Waals surface area contributed by atoms with Crippen molar-refractivity contribution in [3.05, 3.63) is 71.9 Å². The molecule has 5 heteroatoms. The van der Waals surface area contributed by atoms with Gasteiger partial charge in [-0.25, -0.2) is 0 Å². The minimum absolute atomic E-state index is 0.0468. The molecule has 0 bridgehead atoms. The number of rotatable bonds is 5. The van der Waals surface area contributed by atoms with Gasteiger partial charge in [0.2, 0.25) is 0 Å². The molecule has 0 aliphatic rings. The summed E-state index contributed by atoms with van der Waals surface area (Å²) in [4.78, 5) is 14.9. The first-order valence-electron chi connectivity index (χ1n) is 8.52. The van der Waals surface area contributed by atoms with Gasteiger partial charge in [-0.3, -0.25) is 9.48 Å². The number of ether oxygens (including phenoxy) is 1. The van der Waals surface area contributed by atoms with Crippen molar-refractivity contribution < 1.29 is 9.53 Å². The molecule has 0 aliphatic heterocycles. The van der Waals surface area contributed by atoms with Gasteiger partial charge in [0, 0.05) is 25.9 Å². The molecule has 5 nitrogen and oxygen atoms in total. The Kier molecular flexibility index (Phi) is 5.07. The third-order valence-electron chi connectivity index (χ3n) is 4.60. The summed E-state index contributed by atoms with van der Waals surface area (Å²) < 4.78 is 7.11. The second-order valence-corrected chi connectivity index (χ2v) is 6.27. The number of para-hydroxylation sites is 1. The van der Waals surface area contributed by atoms with Crippen molar-refractivity contribution in [1.82, 2.24) is 14.7 Å². The maximum atomic E-state index is 13.2. The van der Waals surface area contributed by atoms with E-state index in [1.807, 2.05) is 75.6 Å². The predicted octanol–water partition coefficient (Wildman–Crippen LogP) is 3.93. The molecular weight excluding hydrogens is 326 g/mol. The van der Waals surface area contributed by atoms with E-state index in [9.17, 15) is 4.79 Å². The Morgan fingerprint density at radius 1 is 1.12 bits per heavy atom. The lowest BCUT2D eigenvalue weighted by atomic mass is 10.0. The molecular formula is C21H23N3O2. The molecule has 1 heterocycles. The van der Waals surface area contributed by atoms with Crippen LogP contribution in [0.15, 0.2) is 60.8 Å². The van der Waals surface area contributed by atoms with Crippen molar-refractivity contribution in [2.45, 2.75) is 13.0 Å². The van der Waals surface area contributed by atoms with Gasteiger partial charge in [0.05, 0.1) is 18.7 Å². The Bertz CT molecular complexity index is 903. The zero-order valence-corrected chi connectivity index (χ0v) is 15.5. The van der Waals surface area contributed by atoms with Crippen LogP contribution in [0.3, 0.4) is 0 Å². The van der Waals surface area contributed by atoms with E-state index in [0.717, 1.165) is 11.1 Å². The molecule has 0 N–H and O–H groups in total. The lowest BCUT2D eigenvalue weighted by Gasteiger charge is -2.25. The van der Waals surface area contributed by atoms with Crippen LogP contribution < -0.4 is 4.74 Å². The Labute approximate surface area is 153 Å². The summed E-state index contributed by atoms with van der Waals surface area (Å²) in [6.07, 6.45) is 1.76. The smallest absolute Gasteiger partial charge is 0.257 e. The standard InChI is InChI=1S/C21H23N3O2/c1-15(16-10-6-5-7-11-16)24(3)21(25)18-14-23(2)22-20(18)17-12-8-9-13-19(17)26-4/h5-15H,1-4H3/t15-/m0/s1. The molecule has 0 radical (unpaired) electrons. The maximum absolute atomic E-state index is 13.2. The van der Waals surface area contributed by atoms with Gasteiger partial charge in [0.1, 0.15) is 11.4 Å².